The van der Waals surface area contributed by atoms with Crippen molar-refractivity contribution in [1.82, 2.24) is 29.1 Å². The lowest BCUT2D eigenvalue weighted by atomic mass is 9.64. The number of fused-ring (bicyclic) bond motifs is 2. The number of imidazole rings is 1. The summed E-state index contributed by atoms with van der Waals surface area (Å²) >= 11 is 0. The van der Waals surface area contributed by atoms with Gasteiger partial charge in [-0.25, -0.2) is 14.1 Å². The molecule has 10 heteroatoms. The van der Waals surface area contributed by atoms with Crippen LogP contribution in [0.4, 0.5) is 5.69 Å². The summed E-state index contributed by atoms with van der Waals surface area (Å²) in [5.74, 6) is 0.320. The van der Waals surface area contributed by atoms with Crippen LogP contribution in [0.25, 0.3) is 11.0 Å². The lowest BCUT2D eigenvalue weighted by molar-refractivity contribution is -0.140. The van der Waals surface area contributed by atoms with Crippen molar-refractivity contribution in [3.05, 3.63) is 46.6 Å². The van der Waals surface area contributed by atoms with Gasteiger partial charge in [0.1, 0.15) is 23.5 Å². The van der Waals surface area contributed by atoms with Gasteiger partial charge in [0.15, 0.2) is 0 Å². The van der Waals surface area contributed by atoms with Crippen LogP contribution in [0.2, 0.25) is 0 Å². The van der Waals surface area contributed by atoms with Crippen LogP contribution >= 0.6 is 0 Å². The third-order valence-corrected chi connectivity index (χ3v) is 10.5. The molecule has 2 aromatic heterocycles. The average Bonchev–Trinajstić information content (AvgIpc) is 3.24. The van der Waals surface area contributed by atoms with Crippen molar-refractivity contribution in [3.8, 4) is 0 Å². The predicted octanol–water partition coefficient (Wildman–Crippen LogP) is 2.89. The molecule has 0 spiro atoms. The molecule has 0 radical (unpaired) electrons. The van der Waals surface area contributed by atoms with E-state index in [0.29, 0.717) is 24.8 Å². The zero-order chi connectivity index (χ0) is 27.1. The molecule has 4 aliphatic rings. The van der Waals surface area contributed by atoms with Gasteiger partial charge in [0, 0.05) is 62.4 Å². The summed E-state index contributed by atoms with van der Waals surface area (Å²) in [5.41, 5.74) is 2.74. The Kier molecular flexibility index (Phi) is 5.48. The molecule has 5 atom stereocenters. The number of amides is 2. The predicted molar refractivity (Wildman–Crippen MR) is 146 cm³/mol. The first-order valence-corrected chi connectivity index (χ1v) is 14.3. The first kappa shape index (κ1) is 24.8. The van der Waals surface area contributed by atoms with E-state index in [0.717, 1.165) is 48.8 Å². The van der Waals surface area contributed by atoms with E-state index in [4.69, 9.17) is 4.74 Å². The second-order valence-electron chi connectivity index (χ2n) is 12.5. The number of carbonyl (C=O) groups is 2. The third-order valence-electron chi connectivity index (χ3n) is 10.5. The van der Waals surface area contributed by atoms with Crippen LogP contribution in [-0.2, 0) is 16.6 Å². The number of aromatic amines is 1. The fraction of sp³-hybridized carbons (Fsp3) is 0.586. The first-order chi connectivity index (χ1) is 18.7. The number of rotatable bonds is 5. The summed E-state index contributed by atoms with van der Waals surface area (Å²) in [7, 11) is 3.73. The van der Waals surface area contributed by atoms with E-state index >= 15 is 0 Å². The lowest BCUT2D eigenvalue weighted by Gasteiger charge is -2.49. The minimum atomic E-state index is -0.590. The number of ether oxygens (including phenoxy) is 1. The maximum atomic E-state index is 14.6. The molecule has 2 aliphatic carbocycles. The van der Waals surface area contributed by atoms with Gasteiger partial charge in [-0.15, -0.1) is 0 Å². The quantitative estimate of drug-likeness (QED) is 0.490. The van der Waals surface area contributed by atoms with Crippen molar-refractivity contribution in [2.45, 2.75) is 63.6 Å². The number of likely N-dealkylation sites (N-methyl/N-ethyl adjacent to an activating group) is 1. The smallest absolute Gasteiger partial charge is 0.341 e. The van der Waals surface area contributed by atoms with E-state index < -0.39 is 6.04 Å². The highest BCUT2D eigenvalue weighted by Gasteiger charge is 2.75. The number of carbonyl (C=O) groups excluding carboxylic acids is 2. The number of nitrogens with one attached hydrogen (secondary N) is 2. The molecule has 2 amide bonds. The van der Waals surface area contributed by atoms with Crippen LogP contribution in [0.3, 0.4) is 0 Å². The van der Waals surface area contributed by atoms with Crippen LogP contribution < -0.4 is 15.5 Å². The number of nitrogens with zero attached hydrogens (tertiary/aromatic N) is 4. The van der Waals surface area contributed by atoms with E-state index in [9.17, 15) is 14.4 Å². The van der Waals surface area contributed by atoms with Crippen LogP contribution in [-0.4, -0.2) is 63.5 Å². The minimum Gasteiger partial charge on any atom is -0.381 e. The second kappa shape index (κ2) is 8.63. The highest BCUT2D eigenvalue weighted by atomic mass is 16.5. The molecule has 10 nitrogen and oxygen atoms in total. The topological polar surface area (TPSA) is 111 Å². The van der Waals surface area contributed by atoms with Gasteiger partial charge in [0.25, 0.3) is 5.91 Å². The molecule has 2 aliphatic heterocycles. The zero-order valence-electron chi connectivity index (χ0n) is 22.9. The summed E-state index contributed by atoms with van der Waals surface area (Å²) in [6.07, 6.45) is 7.54. The molecule has 2 saturated heterocycles. The Balaban J connectivity index is 1.28. The summed E-state index contributed by atoms with van der Waals surface area (Å²) < 4.78 is 9.02. The fourth-order valence-electron chi connectivity index (χ4n) is 8.06. The number of H-pyrrole nitrogens is 1. The van der Waals surface area contributed by atoms with Gasteiger partial charge in [-0.3, -0.25) is 14.0 Å². The summed E-state index contributed by atoms with van der Waals surface area (Å²) in [6.45, 7) is 3.61. The molecular weight excluding hydrogens is 496 g/mol. The minimum absolute atomic E-state index is 0.0213. The molecule has 7 rings (SSSR count). The summed E-state index contributed by atoms with van der Waals surface area (Å²) in [4.78, 5) is 44.0. The average molecular weight is 534 g/mol. The molecule has 2 saturated carbocycles. The molecule has 4 fully saturated rings. The van der Waals surface area contributed by atoms with Crippen LogP contribution in [0.1, 0.15) is 62.0 Å². The molecule has 2 N–H and O–H groups in total. The highest BCUT2D eigenvalue weighted by Crippen LogP contribution is 2.65. The Labute approximate surface area is 226 Å². The van der Waals surface area contributed by atoms with E-state index in [2.05, 4.69) is 22.3 Å². The number of hydrogen-bond donors (Lipinski definition) is 2. The van der Waals surface area contributed by atoms with Gasteiger partial charge >= 0.3 is 11.6 Å². The highest BCUT2D eigenvalue weighted by molar-refractivity contribution is 6.01. The number of quaternary nitrogens is 1. The maximum Gasteiger partial charge on any atom is 0.341 e. The Morgan fingerprint density at radius 2 is 1.95 bits per heavy atom. The Morgan fingerprint density at radius 1 is 1.18 bits per heavy atom. The molecule has 1 aromatic carbocycles. The largest absolute Gasteiger partial charge is 0.381 e. The maximum absolute atomic E-state index is 14.6. The van der Waals surface area contributed by atoms with Crippen molar-refractivity contribution < 1.29 is 14.3 Å². The monoisotopic (exact) mass is 533 g/mol. The van der Waals surface area contributed by atoms with Gasteiger partial charge < -0.3 is 15.0 Å². The number of aromatic nitrogens is 4. The van der Waals surface area contributed by atoms with Gasteiger partial charge in [-0.1, -0.05) is 26.2 Å². The molecule has 39 heavy (non-hydrogen) atoms. The Hall–Kier alpha value is -3.24. The van der Waals surface area contributed by atoms with E-state index in [-0.39, 0.29) is 45.4 Å². The normalized spacial score (nSPS) is 33.1. The molecule has 0 bridgehead atoms. The first-order valence-electron chi connectivity index (χ1n) is 14.3. The van der Waals surface area contributed by atoms with Crippen LogP contribution in [0.15, 0.2) is 35.3 Å². The number of benzene rings is 1. The summed E-state index contributed by atoms with van der Waals surface area (Å²) in [6, 6.07) is 7.31. The van der Waals surface area contributed by atoms with Crippen molar-refractivity contribution in [3.63, 3.8) is 0 Å². The van der Waals surface area contributed by atoms with E-state index in [1.165, 1.54) is 6.42 Å². The van der Waals surface area contributed by atoms with Crippen molar-refractivity contribution in [1.29, 1.82) is 0 Å². The zero-order valence-corrected chi connectivity index (χ0v) is 22.9. The number of likely N-dealkylation sites (tertiary alicyclic amines) is 1. The second-order valence-corrected chi connectivity index (χ2v) is 12.5. The van der Waals surface area contributed by atoms with Gasteiger partial charge in [-0.2, -0.15) is 5.10 Å². The standard InChI is InChI=1S/C29H36N6O4/c1-29-16-23(29)35(3,19-7-8-21-20(15-19)31-28(38)34(21)18-10-13-39-14-11-18)27(37)25(24(29)17-5-4-6-17)32-26(36)22-9-12-30-33(22)2/h7-9,12,15,17-18,23-25H,4-6,10-11,13-14,16H2,1-3H3,(H-,31,32,36,38)/p+1/t23?,24?,25-,29?,35?/m0/s1. The van der Waals surface area contributed by atoms with Crippen LogP contribution in [0, 0.1) is 17.3 Å². The molecule has 206 valence electrons. The molecular formula is C29H37N6O4+. The van der Waals surface area contributed by atoms with E-state index in [1.54, 1.807) is 24.0 Å². The summed E-state index contributed by atoms with van der Waals surface area (Å²) in [5, 5.41) is 7.32. The number of piperidine rings is 1. The van der Waals surface area contributed by atoms with Crippen molar-refractivity contribution >= 4 is 28.5 Å². The third kappa shape index (κ3) is 3.53. The van der Waals surface area contributed by atoms with Gasteiger partial charge in [0.05, 0.1) is 18.1 Å². The molecule has 4 heterocycles. The number of hydrogen-bond acceptors (Lipinski definition) is 5. The molecule has 3 aromatic rings. The Bertz CT molecular complexity index is 1530. The van der Waals surface area contributed by atoms with Crippen molar-refractivity contribution in [2.75, 3.05) is 20.3 Å². The lowest BCUT2D eigenvalue weighted by Crippen LogP contribution is -2.69. The van der Waals surface area contributed by atoms with Gasteiger partial charge in [0.2, 0.25) is 0 Å². The van der Waals surface area contributed by atoms with Gasteiger partial charge in [-0.05, 0) is 30.9 Å². The number of aryl methyl sites for hydroxylation is 1. The SMILES string of the molecule is Cn1nccc1C(=O)N[C@@H]1C(=O)[N+](C)(c2ccc3c(c2)[nH]c(=O)n3C2CCOCC2)C2CC2(C)C1C1CCC1. The van der Waals surface area contributed by atoms with Crippen molar-refractivity contribution in [2.24, 2.45) is 24.3 Å². The van der Waals surface area contributed by atoms with Crippen LogP contribution in [0.5, 0.6) is 0 Å². The van der Waals surface area contributed by atoms with E-state index in [1.807, 2.05) is 29.8 Å². The fourth-order valence-corrected chi connectivity index (χ4v) is 8.06. The Morgan fingerprint density at radius 3 is 2.62 bits per heavy atom. The molecule has 4 unspecified atom stereocenters.